The molecule has 2 heterocycles. The fourth-order valence-electron chi connectivity index (χ4n) is 1.92. The van der Waals surface area contributed by atoms with E-state index in [1.807, 2.05) is 18.1 Å². The number of aromatic nitrogens is 2. The largest absolute Gasteiger partial charge is 0.343 e. The van der Waals surface area contributed by atoms with Gasteiger partial charge in [-0.2, -0.15) is 0 Å². The first-order chi connectivity index (χ1) is 7.70. The van der Waals surface area contributed by atoms with Gasteiger partial charge < -0.3 is 15.5 Å². The molecule has 2 N–H and O–H groups in total. The highest BCUT2D eigenvalue weighted by Gasteiger charge is 2.16. The Labute approximate surface area is 96.3 Å². The molecule has 0 unspecified atom stereocenters. The van der Waals surface area contributed by atoms with Gasteiger partial charge in [0.15, 0.2) is 0 Å². The van der Waals surface area contributed by atoms with Gasteiger partial charge in [-0.15, -0.1) is 0 Å². The number of nitrogens with zero attached hydrogens (tertiary/aromatic N) is 4. The highest BCUT2D eigenvalue weighted by atomic mass is 15.2. The molecule has 0 saturated carbocycles. The minimum atomic E-state index is 0.625. The van der Waals surface area contributed by atoms with Crippen molar-refractivity contribution < 1.29 is 0 Å². The van der Waals surface area contributed by atoms with Gasteiger partial charge in [0, 0.05) is 51.4 Å². The normalized spacial score (nSPS) is 15.9. The molecule has 88 valence electrons. The molecule has 0 aliphatic carbocycles. The summed E-state index contributed by atoms with van der Waals surface area (Å²) in [5.41, 5.74) is 7.95. The van der Waals surface area contributed by atoms with Crippen LogP contribution in [0.1, 0.15) is 11.3 Å². The van der Waals surface area contributed by atoms with Crippen LogP contribution in [0.25, 0.3) is 0 Å². The third-order valence-corrected chi connectivity index (χ3v) is 2.92. The molecule has 0 bridgehead atoms. The predicted molar refractivity (Wildman–Crippen MR) is 64.4 cm³/mol. The Morgan fingerprint density at radius 3 is 3.12 bits per heavy atom. The van der Waals surface area contributed by atoms with E-state index in [4.69, 9.17) is 5.73 Å². The van der Waals surface area contributed by atoms with E-state index in [0.29, 0.717) is 6.54 Å². The molecule has 0 saturated heterocycles. The van der Waals surface area contributed by atoms with Crippen LogP contribution in [0.3, 0.4) is 0 Å². The van der Waals surface area contributed by atoms with Crippen molar-refractivity contribution in [2.75, 3.05) is 38.6 Å². The Hall–Kier alpha value is -1.20. The number of nitrogens with two attached hydrogens (primary N) is 1. The lowest BCUT2D eigenvalue weighted by Crippen LogP contribution is -2.30. The molecule has 5 heteroatoms. The third kappa shape index (κ3) is 2.31. The first-order valence-corrected chi connectivity index (χ1v) is 5.65. The van der Waals surface area contributed by atoms with Crippen molar-refractivity contribution in [2.24, 2.45) is 5.73 Å². The van der Waals surface area contributed by atoms with E-state index in [0.717, 1.165) is 32.0 Å². The molecule has 16 heavy (non-hydrogen) atoms. The zero-order valence-corrected chi connectivity index (χ0v) is 9.98. The first-order valence-electron chi connectivity index (χ1n) is 5.65. The van der Waals surface area contributed by atoms with Gasteiger partial charge in [-0.25, -0.2) is 9.97 Å². The van der Waals surface area contributed by atoms with Gasteiger partial charge in [0.2, 0.25) is 5.95 Å². The quantitative estimate of drug-likeness (QED) is 0.770. The summed E-state index contributed by atoms with van der Waals surface area (Å²) < 4.78 is 0. The van der Waals surface area contributed by atoms with E-state index in [1.165, 1.54) is 11.3 Å². The van der Waals surface area contributed by atoms with Crippen LogP contribution in [-0.4, -0.2) is 48.6 Å². The Kier molecular flexibility index (Phi) is 3.36. The highest BCUT2D eigenvalue weighted by molar-refractivity contribution is 5.33. The fourth-order valence-corrected chi connectivity index (χ4v) is 1.92. The number of fused-ring (bicyclic) bond motifs is 1. The topological polar surface area (TPSA) is 58.3 Å². The maximum Gasteiger partial charge on any atom is 0.225 e. The van der Waals surface area contributed by atoms with E-state index in [1.54, 1.807) is 0 Å². The van der Waals surface area contributed by atoms with Crippen LogP contribution in [0.15, 0.2) is 6.20 Å². The van der Waals surface area contributed by atoms with Crippen LogP contribution in [0.5, 0.6) is 0 Å². The van der Waals surface area contributed by atoms with Gasteiger partial charge in [0.05, 0.1) is 5.69 Å². The van der Waals surface area contributed by atoms with E-state index >= 15 is 0 Å². The first kappa shape index (κ1) is 11.3. The summed E-state index contributed by atoms with van der Waals surface area (Å²) in [6, 6.07) is 0. The van der Waals surface area contributed by atoms with Gasteiger partial charge >= 0.3 is 0 Å². The summed E-state index contributed by atoms with van der Waals surface area (Å²) in [6.07, 6.45) is 2.96. The maximum atomic E-state index is 5.52. The van der Waals surface area contributed by atoms with Crippen LogP contribution in [0, 0.1) is 0 Å². The molecule has 0 radical (unpaired) electrons. The smallest absolute Gasteiger partial charge is 0.225 e. The van der Waals surface area contributed by atoms with E-state index < -0.39 is 0 Å². The van der Waals surface area contributed by atoms with E-state index in [2.05, 4.69) is 21.9 Å². The lowest BCUT2D eigenvalue weighted by atomic mass is 10.1. The average molecular weight is 221 g/mol. The summed E-state index contributed by atoms with van der Waals surface area (Å²) >= 11 is 0. The standard InChI is InChI=1S/C11H19N5/c1-15-5-3-10-9(8-15)7-13-11(14-10)16(2)6-4-12/h7H,3-6,8,12H2,1-2H3. The van der Waals surface area contributed by atoms with Gasteiger partial charge in [-0.05, 0) is 7.05 Å². The van der Waals surface area contributed by atoms with Gasteiger partial charge in [0.25, 0.3) is 0 Å². The Morgan fingerprint density at radius 2 is 2.38 bits per heavy atom. The van der Waals surface area contributed by atoms with Crippen LogP contribution in [0.4, 0.5) is 5.95 Å². The predicted octanol–water partition coefficient (Wildman–Crippen LogP) is -0.141. The monoisotopic (exact) mass is 221 g/mol. The zero-order chi connectivity index (χ0) is 11.5. The summed E-state index contributed by atoms with van der Waals surface area (Å²) in [4.78, 5) is 13.3. The number of rotatable bonds is 3. The molecule has 0 amide bonds. The summed E-state index contributed by atoms with van der Waals surface area (Å²) in [5, 5.41) is 0. The zero-order valence-electron chi connectivity index (χ0n) is 9.98. The lowest BCUT2D eigenvalue weighted by molar-refractivity contribution is 0.309. The number of anilines is 1. The minimum absolute atomic E-state index is 0.625. The molecule has 2 rings (SSSR count). The SMILES string of the molecule is CN1CCc2nc(N(C)CCN)ncc2C1. The van der Waals surface area contributed by atoms with Gasteiger partial charge in [-0.3, -0.25) is 0 Å². The van der Waals surface area contributed by atoms with Crippen LogP contribution < -0.4 is 10.6 Å². The van der Waals surface area contributed by atoms with Crippen LogP contribution in [-0.2, 0) is 13.0 Å². The summed E-state index contributed by atoms with van der Waals surface area (Å²) in [6.45, 7) is 3.44. The van der Waals surface area contributed by atoms with Gasteiger partial charge in [-0.1, -0.05) is 0 Å². The Morgan fingerprint density at radius 1 is 1.56 bits per heavy atom. The second-order valence-corrected chi connectivity index (χ2v) is 4.34. The van der Waals surface area contributed by atoms with Crippen molar-refractivity contribution in [3.63, 3.8) is 0 Å². The van der Waals surface area contributed by atoms with Crippen molar-refractivity contribution in [3.8, 4) is 0 Å². The van der Waals surface area contributed by atoms with Crippen molar-refractivity contribution in [2.45, 2.75) is 13.0 Å². The molecule has 0 fully saturated rings. The third-order valence-electron chi connectivity index (χ3n) is 2.92. The lowest BCUT2D eigenvalue weighted by Gasteiger charge is -2.25. The van der Waals surface area contributed by atoms with Gasteiger partial charge in [0.1, 0.15) is 0 Å². The maximum absolute atomic E-state index is 5.52. The van der Waals surface area contributed by atoms with E-state index in [9.17, 15) is 0 Å². The van der Waals surface area contributed by atoms with Crippen molar-refractivity contribution in [3.05, 3.63) is 17.5 Å². The number of hydrogen-bond donors (Lipinski definition) is 1. The molecular weight excluding hydrogens is 202 g/mol. The fraction of sp³-hybridized carbons (Fsp3) is 0.636. The average Bonchev–Trinajstić information content (AvgIpc) is 2.28. The molecule has 0 atom stereocenters. The molecule has 1 aliphatic rings. The van der Waals surface area contributed by atoms with Crippen molar-refractivity contribution >= 4 is 5.95 Å². The number of hydrogen-bond acceptors (Lipinski definition) is 5. The van der Waals surface area contributed by atoms with Crippen LogP contribution >= 0.6 is 0 Å². The molecule has 1 aliphatic heterocycles. The molecule has 5 nitrogen and oxygen atoms in total. The second kappa shape index (κ2) is 4.76. The molecule has 1 aromatic heterocycles. The second-order valence-electron chi connectivity index (χ2n) is 4.34. The van der Waals surface area contributed by atoms with Crippen molar-refractivity contribution in [1.29, 1.82) is 0 Å². The van der Waals surface area contributed by atoms with Crippen LogP contribution in [0.2, 0.25) is 0 Å². The van der Waals surface area contributed by atoms with E-state index in [-0.39, 0.29) is 0 Å². The van der Waals surface area contributed by atoms with Crippen molar-refractivity contribution in [1.82, 2.24) is 14.9 Å². The molecule has 1 aromatic rings. The molecule has 0 aromatic carbocycles. The Balaban J connectivity index is 2.19. The Bertz CT molecular complexity index is 365. The minimum Gasteiger partial charge on any atom is -0.343 e. The molecular formula is C11H19N5. The highest BCUT2D eigenvalue weighted by Crippen LogP contribution is 2.17. The summed E-state index contributed by atoms with van der Waals surface area (Å²) in [5.74, 6) is 0.786. The summed E-state index contributed by atoms with van der Waals surface area (Å²) in [7, 11) is 4.10. The number of likely N-dealkylation sites (N-methyl/N-ethyl adjacent to an activating group) is 2. The molecule has 0 spiro atoms.